The van der Waals surface area contributed by atoms with Crippen molar-refractivity contribution in [3.8, 4) is 10.6 Å². The summed E-state index contributed by atoms with van der Waals surface area (Å²) >= 11 is 4.27. The highest BCUT2D eigenvalue weighted by atomic mass is 79.9. The van der Waals surface area contributed by atoms with Crippen LogP contribution in [0.3, 0.4) is 0 Å². The van der Waals surface area contributed by atoms with Gasteiger partial charge in [0.1, 0.15) is 10.6 Å². The van der Waals surface area contributed by atoms with Gasteiger partial charge in [-0.05, 0) is 34.1 Å². The van der Waals surface area contributed by atoms with E-state index in [1.165, 1.54) is 0 Å². The van der Waals surface area contributed by atoms with E-state index in [4.69, 9.17) is 15.3 Å². The molecule has 0 aliphatic heterocycles. The van der Waals surface area contributed by atoms with E-state index < -0.39 is 5.97 Å². The van der Waals surface area contributed by atoms with E-state index in [9.17, 15) is 4.79 Å². The largest absolute Gasteiger partial charge is 0.477 e. The van der Waals surface area contributed by atoms with E-state index in [-0.39, 0.29) is 10.6 Å². The molecular formula is C9H6BrNO3S. The van der Waals surface area contributed by atoms with Gasteiger partial charge in [0.2, 0.25) is 0 Å². The van der Waals surface area contributed by atoms with Crippen molar-refractivity contribution in [3.05, 3.63) is 27.7 Å². The minimum atomic E-state index is -1.02. The first-order valence-corrected chi connectivity index (χ1v) is 5.57. The average molecular weight is 288 g/mol. The molecule has 0 aromatic carbocycles. The molecule has 3 N–H and O–H groups in total. The maximum absolute atomic E-state index is 10.8. The predicted molar refractivity (Wildman–Crippen MR) is 61.1 cm³/mol. The number of carbonyl (C=O) groups is 1. The Labute approximate surface area is 97.5 Å². The molecule has 4 nitrogen and oxygen atoms in total. The van der Waals surface area contributed by atoms with Crippen LogP contribution in [-0.2, 0) is 0 Å². The van der Waals surface area contributed by atoms with Gasteiger partial charge >= 0.3 is 5.97 Å². The summed E-state index contributed by atoms with van der Waals surface area (Å²) in [6, 6.07) is 5.09. The van der Waals surface area contributed by atoms with Crippen LogP contribution in [0, 0.1) is 0 Å². The van der Waals surface area contributed by atoms with Gasteiger partial charge in [-0.1, -0.05) is 0 Å². The summed E-state index contributed by atoms with van der Waals surface area (Å²) in [6.45, 7) is 0. The van der Waals surface area contributed by atoms with Crippen LogP contribution in [-0.4, -0.2) is 11.1 Å². The summed E-state index contributed by atoms with van der Waals surface area (Å²) in [4.78, 5) is 11.6. The highest BCUT2D eigenvalue weighted by Crippen LogP contribution is 2.34. The normalized spacial score (nSPS) is 10.5. The molecular weight excluding hydrogens is 282 g/mol. The van der Waals surface area contributed by atoms with Gasteiger partial charge in [-0.15, -0.1) is 11.3 Å². The maximum Gasteiger partial charge on any atom is 0.348 e. The Morgan fingerprint density at radius 1 is 1.53 bits per heavy atom. The zero-order chi connectivity index (χ0) is 11.0. The van der Waals surface area contributed by atoms with Gasteiger partial charge < -0.3 is 15.3 Å². The van der Waals surface area contributed by atoms with Gasteiger partial charge in [-0.25, -0.2) is 4.79 Å². The number of furan rings is 1. The smallest absolute Gasteiger partial charge is 0.348 e. The molecule has 0 saturated heterocycles. The fraction of sp³-hybridized carbons (Fsp3) is 0. The van der Waals surface area contributed by atoms with Crippen molar-refractivity contribution in [2.75, 3.05) is 5.73 Å². The first-order chi connectivity index (χ1) is 7.08. The van der Waals surface area contributed by atoms with Crippen molar-refractivity contribution in [2.45, 2.75) is 0 Å². The Morgan fingerprint density at radius 2 is 2.27 bits per heavy atom. The molecule has 0 unspecified atom stereocenters. The number of hydrogen-bond acceptors (Lipinski definition) is 4. The SMILES string of the molecule is Nc1cc(-c2ccc(Br)o2)sc1C(=O)O. The standard InChI is InChI=1S/C9H6BrNO3S/c10-7-2-1-5(14-7)6-3-4(11)8(15-6)9(12)13/h1-3H,11H2,(H,12,13). The number of carboxylic acid groups (broad SMARTS) is 1. The fourth-order valence-corrected chi connectivity index (χ4v) is 2.33. The van der Waals surface area contributed by atoms with E-state index >= 15 is 0 Å². The molecule has 6 heteroatoms. The number of halogens is 1. The lowest BCUT2D eigenvalue weighted by atomic mass is 10.3. The maximum atomic E-state index is 10.8. The Balaban J connectivity index is 2.46. The van der Waals surface area contributed by atoms with E-state index in [0.717, 1.165) is 11.3 Å². The number of nitrogen functional groups attached to an aromatic ring is 1. The van der Waals surface area contributed by atoms with Crippen molar-refractivity contribution in [3.63, 3.8) is 0 Å². The number of anilines is 1. The van der Waals surface area contributed by atoms with Gasteiger partial charge in [0.05, 0.1) is 10.6 Å². The number of hydrogen-bond donors (Lipinski definition) is 2. The Bertz CT molecular complexity index is 517. The Hall–Kier alpha value is -1.27. The first-order valence-electron chi connectivity index (χ1n) is 3.96. The van der Waals surface area contributed by atoms with Crippen molar-refractivity contribution >= 4 is 38.9 Å². The van der Waals surface area contributed by atoms with Crippen LogP contribution >= 0.6 is 27.3 Å². The van der Waals surface area contributed by atoms with Crippen molar-refractivity contribution < 1.29 is 14.3 Å². The summed E-state index contributed by atoms with van der Waals surface area (Å²) in [5, 5.41) is 8.82. The second kappa shape index (κ2) is 3.71. The number of rotatable bonds is 2. The molecule has 78 valence electrons. The molecule has 0 spiro atoms. The lowest BCUT2D eigenvalue weighted by molar-refractivity contribution is 0.0703. The Morgan fingerprint density at radius 3 is 2.73 bits per heavy atom. The fourth-order valence-electron chi connectivity index (χ4n) is 1.14. The topological polar surface area (TPSA) is 76.5 Å². The van der Waals surface area contributed by atoms with Gasteiger partial charge in [-0.3, -0.25) is 0 Å². The lowest BCUT2D eigenvalue weighted by Crippen LogP contribution is -1.96. The molecule has 0 bridgehead atoms. The van der Waals surface area contributed by atoms with Gasteiger partial charge in [-0.2, -0.15) is 0 Å². The van der Waals surface area contributed by atoms with Gasteiger partial charge in [0, 0.05) is 0 Å². The van der Waals surface area contributed by atoms with Crippen LogP contribution in [0.2, 0.25) is 0 Å². The van der Waals surface area contributed by atoms with Crippen LogP contribution in [0.5, 0.6) is 0 Å². The van der Waals surface area contributed by atoms with Crippen LogP contribution in [0.4, 0.5) is 5.69 Å². The number of aromatic carboxylic acids is 1. The number of carboxylic acids is 1. The monoisotopic (exact) mass is 287 g/mol. The van der Waals surface area contributed by atoms with Gasteiger partial charge in [0.25, 0.3) is 0 Å². The summed E-state index contributed by atoms with van der Waals surface area (Å²) in [7, 11) is 0. The first kappa shape index (κ1) is 10.3. The van der Waals surface area contributed by atoms with Crippen LogP contribution in [0.15, 0.2) is 27.3 Å². The molecule has 15 heavy (non-hydrogen) atoms. The second-order valence-electron chi connectivity index (χ2n) is 2.80. The number of thiophene rings is 1. The van der Waals surface area contributed by atoms with E-state index in [1.807, 2.05) is 0 Å². The third-order valence-electron chi connectivity index (χ3n) is 1.77. The molecule has 0 aliphatic carbocycles. The molecule has 2 aromatic rings. The van der Waals surface area contributed by atoms with Crippen LogP contribution < -0.4 is 5.73 Å². The molecule has 0 atom stereocenters. The van der Waals surface area contributed by atoms with Crippen molar-refractivity contribution in [1.29, 1.82) is 0 Å². The summed E-state index contributed by atoms with van der Waals surface area (Å²) in [5.41, 5.74) is 5.82. The summed E-state index contributed by atoms with van der Waals surface area (Å²) in [5.74, 6) is -0.416. The lowest BCUT2D eigenvalue weighted by Gasteiger charge is -1.87. The Kier molecular flexibility index (Phi) is 2.54. The molecule has 0 fully saturated rings. The van der Waals surface area contributed by atoms with Crippen molar-refractivity contribution in [2.24, 2.45) is 0 Å². The highest BCUT2D eigenvalue weighted by Gasteiger charge is 2.15. The quantitative estimate of drug-likeness (QED) is 0.890. The van der Waals surface area contributed by atoms with E-state index in [0.29, 0.717) is 15.3 Å². The summed E-state index contributed by atoms with van der Waals surface area (Å²) < 4.78 is 5.89. The van der Waals surface area contributed by atoms with E-state index in [1.54, 1.807) is 18.2 Å². The third-order valence-corrected chi connectivity index (χ3v) is 3.35. The molecule has 0 aliphatic rings. The zero-order valence-corrected chi connectivity index (χ0v) is 9.76. The van der Waals surface area contributed by atoms with Gasteiger partial charge in [0.15, 0.2) is 4.67 Å². The van der Waals surface area contributed by atoms with E-state index in [2.05, 4.69) is 15.9 Å². The second-order valence-corrected chi connectivity index (χ2v) is 4.64. The molecule has 0 saturated carbocycles. The highest BCUT2D eigenvalue weighted by molar-refractivity contribution is 9.10. The predicted octanol–water partition coefficient (Wildman–Crippen LogP) is 3.05. The minimum Gasteiger partial charge on any atom is -0.477 e. The van der Waals surface area contributed by atoms with Crippen LogP contribution in [0.25, 0.3) is 10.6 Å². The molecule has 2 rings (SSSR count). The third kappa shape index (κ3) is 1.91. The molecule has 2 aromatic heterocycles. The number of nitrogens with two attached hydrogens (primary N) is 1. The average Bonchev–Trinajstić information content (AvgIpc) is 2.71. The molecule has 0 amide bonds. The zero-order valence-electron chi connectivity index (χ0n) is 7.36. The molecule has 0 radical (unpaired) electrons. The summed E-state index contributed by atoms with van der Waals surface area (Å²) in [6.07, 6.45) is 0. The molecule has 2 heterocycles. The van der Waals surface area contributed by atoms with Crippen LogP contribution in [0.1, 0.15) is 9.67 Å². The minimum absolute atomic E-state index is 0.137. The van der Waals surface area contributed by atoms with Crippen molar-refractivity contribution in [1.82, 2.24) is 0 Å².